The fourth-order valence-corrected chi connectivity index (χ4v) is 9.62. The van der Waals surface area contributed by atoms with Crippen LogP contribution in [0.3, 0.4) is 0 Å². The van der Waals surface area contributed by atoms with Crippen molar-refractivity contribution in [3.63, 3.8) is 0 Å². The standard InChI is InChI=1S/C73H96N4O4/c1-66(2,3)50-32-46(62(78)54(36-50)70(13,14)15)40-74-58-27-25-44(30-60(58)76-42-48-34-52(68(7,8)9)38-56(64(48)80)72(19,20)21)29-45-26-28-59(75-41-47-33-51(67(4,5)6)37-55(63(47)79)71(16,17)18)61(31-45)77-43-49-35-53(69(10,11)12)39-57(65(49)81)73(22,23)24/h25-28,30-43,78-81H,29H2,1-24H3. The van der Waals surface area contributed by atoms with Gasteiger partial charge in [0.1, 0.15) is 23.0 Å². The Morgan fingerprint density at radius 2 is 0.481 bits per heavy atom. The molecule has 0 radical (unpaired) electrons. The molecule has 0 aliphatic carbocycles. The van der Waals surface area contributed by atoms with Gasteiger partial charge in [-0.1, -0.05) is 203 Å². The summed E-state index contributed by atoms with van der Waals surface area (Å²) in [5, 5.41) is 47.3. The maximum Gasteiger partial charge on any atom is 0.128 e. The van der Waals surface area contributed by atoms with E-state index in [0.717, 1.165) is 55.6 Å². The summed E-state index contributed by atoms with van der Waals surface area (Å²) in [6.45, 7) is 51.3. The molecule has 0 heterocycles. The first-order valence-corrected chi connectivity index (χ1v) is 28.8. The highest BCUT2D eigenvalue weighted by molar-refractivity contribution is 5.92. The van der Waals surface area contributed by atoms with Gasteiger partial charge >= 0.3 is 0 Å². The van der Waals surface area contributed by atoms with Gasteiger partial charge in [0.2, 0.25) is 0 Å². The van der Waals surface area contributed by atoms with Gasteiger partial charge in [0.05, 0.1) is 22.7 Å². The molecule has 4 N–H and O–H groups in total. The summed E-state index contributed by atoms with van der Waals surface area (Å²) in [6.07, 6.45) is 7.43. The zero-order valence-corrected chi connectivity index (χ0v) is 53.7. The average Bonchev–Trinajstić information content (AvgIpc) is 3.31. The minimum atomic E-state index is -0.330. The van der Waals surface area contributed by atoms with E-state index in [9.17, 15) is 20.4 Å². The van der Waals surface area contributed by atoms with Gasteiger partial charge in [-0.05, 0) is 132 Å². The SMILES string of the molecule is CC(C)(C)c1cc(C=Nc2ccc(Cc3ccc(N=Cc4cc(C(C)(C)C)cc(C(C)(C)C)c4O)c(N=Cc4cc(C(C)(C)C)cc(C(C)(C)C)c4O)c3)cc2N=Cc2cc(C(C)(C)C)cc(C(C)(C)C)c2O)c(O)c(C(C)(C)C)c1. The smallest absolute Gasteiger partial charge is 0.128 e. The molecule has 0 unspecified atom stereocenters. The van der Waals surface area contributed by atoms with Crippen LogP contribution in [0.4, 0.5) is 22.7 Å². The third kappa shape index (κ3) is 15.4. The van der Waals surface area contributed by atoms with Crippen molar-refractivity contribution in [2.24, 2.45) is 20.0 Å². The van der Waals surface area contributed by atoms with Crippen molar-refractivity contribution >= 4 is 47.6 Å². The van der Waals surface area contributed by atoms with Crippen LogP contribution in [0.1, 0.15) is 244 Å². The quantitative estimate of drug-likeness (QED) is 0.102. The van der Waals surface area contributed by atoms with Crippen LogP contribution in [0.5, 0.6) is 23.0 Å². The lowest BCUT2D eigenvalue weighted by molar-refractivity contribution is 0.443. The summed E-state index contributed by atoms with van der Waals surface area (Å²) in [5.74, 6) is 0.773. The van der Waals surface area contributed by atoms with Crippen LogP contribution >= 0.6 is 0 Å². The molecule has 0 atom stereocenters. The van der Waals surface area contributed by atoms with Gasteiger partial charge in [-0.25, -0.2) is 0 Å². The minimum absolute atomic E-state index is 0.176. The van der Waals surface area contributed by atoms with E-state index >= 15 is 0 Å². The second kappa shape index (κ2) is 22.5. The maximum absolute atomic E-state index is 11.9. The van der Waals surface area contributed by atoms with Crippen molar-refractivity contribution in [2.45, 2.75) is 216 Å². The Hall–Kier alpha value is -6.80. The molecule has 0 saturated carbocycles. The molecular formula is C73H96N4O4. The topological polar surface area (TPSA) is 130 Å². The minimum Gasteiger partial charge on any atom is -0.507 e. The van der Waals surface area contributed by atoms with Crippen LogP contribution in [0.15, 0.2) is 105 Å². The number of aliphatic imine (C=N–C) groups is 4. The third-order valence-electron chi connectivity index (χ3n) is 15.1. The summed E-state index contributed by atoms with van der Waals surface area (Å²) in [7, 11) is 0. The first kappa shape index (κ1) is 63.4. The van der Waals surface area contributed by atoms with Gasteiger partial charge in [-0.3, -0.25) is 20.0 Å². The lowest BCUT2D eigenvalue weighted by Gasteiger charge is -2.27. The van der Waals surface area contributed by atoms with Gasteiger partial charge in [-0.2, -0.15) is 0 Å². The molecule has 0 bridgehead atoms. The first-order valence-electron chi connectivity index (χ1n) is 28.8. The normalized spacial score (nSPS) is 13.7. The Bertz CT molecular complexity index is 3210. The number of phenols is 4. The molecule has 6 aromatic rings. The summed E-state index contributed by atoms with van der Waals surface area (Å²) in [6, 6.07) is 28.6. The van der Waals surface area contributed by atoms with Crippen LogP contribution < -0.4 is 0 Å². The van der Waals surface area contributed by atoms with Crippen LogP contribution in [-0.4, -0.2) is 45.3 Å². The Balaban J connectivity index is 1.56. The maximum atomic E-state index is 11.9. The number of hydrogen-bond donors (Lipinski definition) is 4. The molecule has 0 aliphatic rings. The monoisotopic (exact) mass is 1090 g/mol. The molecule has 81 heavy (non-hydrogen) atoms. The highest BCUT2D eigenvalue weighted by Crippen LogP contribution is 2.43. The highest BCUT2D eigenvalue weighted by atomic mass is 16.3. The molecular weight excluding hydrogens is 997 g/mol. The molecule has 0 spiro atoms. The van der Waals surface area contributed by atoms with E-state index in [-0.39, 0.29) is 66.3 Å². The highest BCUT2D eigenvalue weighted by Gasteiger charge is 2.29. The van der Waals surface area contributed by atoms with Gasteiger partial charge in [0, 0.05) is 69.4 Å². The van der Waals surface area contributed by atoms with E-state index in [1.54, 1.807) is 24.9 Å². The zero-order valence-electron chi connectivity index (χ0n) is 53.7. The van der Waals surface area contributed by atoms with Crippen LogP contribution in [0.2, 0.25) is 0 Å². The predicted octanol–water partition coefficient (Wildman–Crippen LogP) is 19.5. The van der Waals surface area contributed by atoms with E-state index in [1.807, 2.05) is 60.7 Å². The lowest BCUT2D eigenvalue weighted by Crippen LogP contribution is -2.17. The van der Waals surface area contributed by atoms with Crippen LogP contribution in [0.25, 0.3) is 0 Å². The van der Waals surface area contributed by atoms with Crippen molar-refractivity contribution in [1.82, 2.24) is 0 Å². The molecule has 0 amide bonds. The fourth-order valence-electron chi connectivity index (χ4n) is 9.62. The van der Waals surface area contributed by atoms with Crippen LogP contribution in [0, 0.1) is 0 Å². The molecule has 432 valence electrons. The predicted molar refractivity (Wildman–Crippen MR) is 347 cm³/mol. The zero-order chi connectivity index (χ0) is 61.0. The van der Waals surface area contributed by atoms with Gasteiger partial charge in [0.15, 0.2) is 0 Å². The van der Waals surface area contributed by atoms with Crippen molar-refractivity contribution in [3.8, 4) is 23.0 Å². The van der Waals surface area contributed by atoms with Crippen molar-refractivity contribution in [2.75, 3.05) is 0 Å². The molecule has 0 aromatic heterocycles. The summed E-state index contributed by atoms with van der Waals surface area (Å²) >= 11 is 0. The first-order chi connectivity index (χ1) is 36.8. The van der Waals surface area contributed by atoms with Crippen molar-refractivity contribution in [1.29, 1.82) is 0 Å². The van der Waals surface area contributed by atoms with Crippen LogP contribution in [-0.2, 0) is 49.7 Å². The average molecular weight is 1090 g/mol. The number of aromatic hydroxyl groups is 4. The number of nitrogens with zero attached hydrogens (tertiary/aromatic N) is 4. The molecule has 6 rings (SSSR count). The number of phenolic OH excluding ortho intramolecular Hbond substituents is 4. The number of hydrogen-bond acceptors (Lipinski definition) is 8. The van der Waals surface area contributed by atoms with E-state index in [4.69, 9.17) is 20.0 Å². The number of rotatable bonds is 10. The van der Waals surface area contributed by atoms with Gasteiger partial charge in [-0.15, -0.1) is 0 Å². The van der Waals surface area contributed by atoms with Gasteiger partial charge < -0.3 is 20.4 Å². The van der Waals surface area contributed by atoms with E-state index in [2.05, 4.69) is 190 Å². The van der Waals surface area contributed by atoms with E-state index in [1.165, 1.54) is 0 Å². The van der Waals surface area contributed by atoms with E-state index in [0.29, 0.717) is 51.4 Å². The molecule has 0 fully saturated rings. The molecule has 0 saturated heterocycles. The molecule has 6 aromatic carbocycles. The summed E-state index contributed by atoms with van der Waals surface area (Å²) in [5.41, 5.74) is 12.4. The summed E-state index contributed by atoms with van der Waals surface area (Å²) in [4.78, 5) is 20.4. The lowest BCUT2D eigenvalue weighted by atomic mass is 9.79. The summed E-state index contributed by atoms with van der Waals surface area (Å²) < 4.78 is 0. The van der Waals surface area contributed by atoms with Crippen molar-refractivity contribution in [3.05, 3.63) is 163 Å². The largest absolute Gasteiger partial charge is 0.507 e. The number of benzene rings is 6. The van der Waals surface area contributed by atoms with Gasteiger partial charge in [0.25, 0.3) is 0 Å². The Morgan fingerprint density at radius 1 is 0.272 bits per heavy atom. The van der Waals surface area contributed by atoms with Crippen molar-refractivity contribution < 1.29 is 20.4 Å². The Kier molecular flexibility index (Phi) is 17.6. The molecule has 8 heteroatoms. The Labute approximate surface area is 487 Å². The molecule has 0 aliphatic heterocycles. The fraction of sp³-hybridized carbons (Fsp3) is 0.452. The second-order valence-corrected chi connectivity index (χ2v) is 30.7. The van der Waals surface area contributed by atoms with E-state index < -0.39 is 0 Å². The second-order valence-electron chi connectivity index (χ2n) is 30.7. The Morgan fingerprint density at radius 3 is 0.679 bits per heavy atom. The molecule has 8 nitrogen and oxygen atoms in total. The third-order valence-corrected chi connectivity index (χ3v) is 15.1.